The van der Waals surface area contributed by atoms with E-state index in [0.717, 1.165) is 22.6 Å². The zero-order valence-corrected chi connectivity index (χ0v) is 20.7. The van der Waals surface area contributed by atoms with E-state index in [4.69, 9.17) is 0 Å². The molecule has 2 aromatic heterocycles. The number of benzene rings is 2. The minimum Gasteiger partial charge on any atom is -0.282 e. The van der Waals surface area contributed by atoms with Gasteiger partial charge in [-0.05, 0) is 30.9 Å². The lowest BCUT2D eigenvalue weighted by molar-refractivity contribution is 0.737. The number of nitrogens with zero attached hydrogens (tertiary/aromatic N) is 2. The van der Waals surface area contributed by atoms with Crippen molar-refractivity contribution in [1.29, 1.82) is 0 Å². The summed E-state index contributed by atoms with van der Waals surface area (Å²) in [5.41, 5.74) is 4.46. The second kappa shape index (κ2) is 15.3. The van der Waals surface area contributed by atoms with E-state index in [-0.39, 0.29) is 0 Å². The number of fused-ring (bicyclic) bond motifs is 2. The van der Waals surface area contributed by atoms with Crippen LogP contribution in [0.4, 0.5) is 0 Å². The van der Waals surface area contributed by atoms with Crippen molar-refractivity contribution in [2.24, 2.45) is 5.92 Å². The molecule has 2 N–H and O–H groups in total. The molecular formula is C26H42N4. The summed E-state index contributed by atoms with van der Waals surface area (Å²) in [6, 6.07) is 16.3. The highest BCUT2D eigenvalue weighted by molar-refractivity contribution is 5.81. The van der Waals surface area contributed by atoms with Gasteiger partial charge in [0.05, 0.1) is 11.0 Å². The van der Waals surface area contributed by atoms with Crippen LogP contribution in [0, 0.1) is 12.8 Å². The second-order valence-corrected chi connectivity index (χ2v) is 7.41. The zero-order chi connectivity index (χ0) is 23.1. The SMILES string of the molecule is CC.CC.CC(C)C.CC(C)c1[nH]nc2ccccc12.Cc1[nH]nc2ccccc12. The van der Waals surface area contributed by atoms with Gasteiger partial charge in [-0.1, -0.05) is 98.7 Å². The topological polar surface area (TPSA) is 57.4 Å². The Hall–Kier alpha value is -2.62. The first-order valence-electron chi connectivity index (χ1n) is 11.2. The number of H-pyrrole nitrogens is 2. The van der Waals surface area contributed by atoms with Crippen molar-refractivity contribution in [3.8, 4) is 0 Å². The summed E-state index contributed by atoms with van der Waals surface area (Å²) in [6.45, 7) is 20.9. The molecule has 4 nitrogen and oxygen atoms in total. The van der Waals surface area contributed by atoms with Gasteiger partial charge in [0.15, 0.2) is 0 Å². The molecule has 4 aromatic rings. The maximum absolute atomic E-state index is 4.21. The van der Waals surface area contributed by atoms with Crippen molar-refractivity contribution in [2.75, 3.05) is 0 Å². The first-order valence-corrected chi connectivity index (χ1v) is 11.2. The highest BCUT2D eigenvalue weighted by Gasteiger charge is 2.06. The summed E-state index contributed by atoms with van der Waals surface area (Å²) < 4.78 is 0. The lowest BCUT2D eigenvalue weighted by Crippen LogP contribution is -1.86. The molecule has 0 atom stereocenters. The number of aromatic amines is 2. The Balaban J connectivity index is 0.000000423. The van der Waals surface area contributed by atoms with Crippen LogP contribution in [0.1, 0.15) is 79.6 Å². The third-order valence-corrected chi connectivity index (χ3v) is 3.72. The number of rotatable bonds is 1. The van der Waals surface area contributed by atoms with Crippen molar-refractivity contribution >= 4 is 21.8 Å². The summed E-state index contributed by atoms with van der Waals surface area (Å²) in [5.74, 6) is 1.34. The van der Waals surface area contributed by atoms with Crippen LogP contribution in [0.5, 0.6) is 0 Å². The predicted octanol–water partition coefficient (Wildman–Crippen LogP) is 8.27. The summed E-state index contributed by atoms with van der Waals surface area (Å²) in [4.78, 5) is 0. The fourth-order valence-electron chi connectivity index (χ4n) is 2.51. The third kappa shape index (κ3) is 8.81. The van der Waals surface area contributed by atoms with Crippen molar-refractivity contribution in [3.63, 3.8) is 0 Å². The normalized spacial score (nSPS) is 9.60. The van der Waals surface area contributed by atoms with Gasteiger partial charge in [-0.15, -0.1) is 0 Å². The molecule has 0 aliphatic heterocycles. The quantitative estimate of drug-likeness (QED) is 0.332. The molecule has 0 spiro atoms. The van der Waals surface area contributed by atoms with Crippen LogP contribution in [0.3, 0.4) is 0 Å². The van der Waals surface area contributed by atoms with Gasteiger partial charge in [-0.2, -0.15) is 10.2 Å². The van der Waals surface area contributed by atoms with Crippen LogP contribution in [-0.4, -0.2) is 20.4 Å². The summed E-state index contributed by atoms with van der Waals surface area (Å²) in [6.07, 6.45) is 0. The van der Waals surface area contributed by atoms with Gasteiger partial charge in [0, 0.05) is 22.2 Å². The van der Waals surface area contributed by atoms with Crippen LogP contribution >= 0.6 is 0 Å². The van der Waals surface area contributed by atoms with Crippen LogP contribution in [-0.2, 0) is 0 Å². The van der Waals surface area contributed by atoms with E-state index in [9.17, 15) is 0 Å². The minimum absolute atomic E-state index is 0.511. The third-order valence-electron chi connectivity index (χ3n) is 3.72. The molecule has 0 aliphatic rings. The minimum atomic E-state index is 0.511. The van der Waals surface area contributed by atoms with E-state index in [1.165, 1.54) is 16.5 Å². The fourth-order valence-corrected chi connectivity index (χ4v) is 2.51. The maximum atomic E-state index is 4.21. The first-order chi connectivity index (χ1) is 14.4. The number of aryl methyl sites for hydroxylation is 1. The average molecular weight is 411 g/mol. The smallest absolute Gasteiger partial charge is 0.0923 e. The highest BCUT2D eigenvalue weighted by atomic mass is 15.1. The molecule has 0 bridgehead atoms. The number of hydrogen-bond acceptors (Lipinski definition) is 2. The lowest BCUT2D eigenvalue weighted by atomic mass is 10.1. The molecule has 4 rings (SSSR count). The molecule has 30 heavy (non-hydrogen) atoms. The van der Waals surface area contributed by atoms with Gasteiger partial charge in [0.2, 0.25) is 0 Å². The molecule has 4 heteroatoms. The van der Waals surface area contributed by atoms with E-state index in [0.29, 0.717) is 5.92 Å². The molecule has 2 heterocycles. The van der Waals surface area contributed by atoms with Crippen LogP contribution in [0.25, 0.3) is 21.8 Å². The second-order valence-electron chi connectivity index (χ2n) is 7.41. The van der Waals surface area contributed by atoms with Gasteiger partial charge >= 0.3 is 0 Å². The van der Waals surface area contributed by atoms with Gasteiger partial charge in [-0.25, -0.2) is 0 Å². The molecule has 0 aliphatic carbocycles. The molecule has 0 fully saturated rings. The monoisotopic (exact) mass is 410 g/mol. The predicted molar refractivity (Wildman–Crippen MR) is 134 cm³/mol. The number of nitrogens with one attached hydrogen (secondary N) is 2. The maximum Gasteiger partial charge on any atom is 0.0923 e. The fraction of sp³-hybridized carbons (Fsp3) is 0.462. The van der Waals surface area contributed by atoms with Crippen LogP contribution in [0.15, 0.2) is 48.5 Å². The van der Waals surface area contributed by atoms with Crippen molar-refractivity contribution in [2.45, 2.75) is 75.2 Å². The molecule has 2 aromatic carbocycles. The van der Waals surface area contributed by atoms with Crippen molar-refractivity contribution in [1.82, 2.24) is 20.4 Å². The van der Waals surface area contributed by atoms with E-state index in [2.05, 4.69) is 67.1 Å². The standard InChI is InChI=1S/C10H12N2.C8H8N2.C4H10.2C2H6/c1-7(2)10-8-5-3-4-6-9(8)11-12-10;1-6-7-4-2-3-5-8(7)10-9-6;1-4(2)3;2*1-2/h3-7H,1-2H3,(H,11,12);2-5H,1H3,(H,9,10);4H,1-3H3;2*1-2H3. The van der Waals surface area contributed by atoms with Gasteiger partial charge in [0.1, 0.15) is 0 Å². The summed E-state index contributed by atoms with van der Waals surface area (Å²) >= 11 is 0. The number of para-hydroxylation sites is 2. The van der Waals surface area contributed by atoms with E-state index >= 15 is 0 Å². The first kappa shape index (κ1) is 27.4. The summed E-state index contributed by atoms with van der Waals surface area (Å²) in [5, 5.41) is 16.8. The van der Waals surface area contributed by atoms with E-state index in [1.54, 1.807) is 0 Å². The number of hydrogen-bond donors (Lipinski definition) is 2. The van der Waals surface area contributed by atoms with E-state index in [1.807, 2.05) is 71.0 Å². The lowest BCUT2D eigenvalue weighted by Gasteiger charge is -1.99. The van der Waals surface area contributed by atoms with Crippen LogP contribution < -0.4 is 0 Å². The van der Waals surface area contributed by atoms with Gasteiger partial charge in [-0.3, -0.25) is 10.2 Å². The van der Waals surface area contributed by atoms with Gasteiger partial charge in [0.25, 0.3) is 0 Å². The Morgan fingerprint density at radius 2 is 1.03 bits per heavy atom. The zero-order valence-electron chi connectivity index (χ0n) is 20.7. The Morgan fingerprint density at radius 3 is 1.50 bits per heavy atom. The molecule has 0 radical (unpaired) electrons. The largest absolute Gasteiger partial charge is 0.282 e. The molecule has 0 amide bonds. The van der Waals surface area contributed by atoms with Crippen LogP contribution in [0.2, 0.25) is 0 Å². The molecule has 166 valence electrons. The average Bonchev–Trinajstić information content (AvgIpc) is 3.35. The Kier molecular flexibility index (Phi) is 13.9. The highest BCUT2D eigenvalue weighted by Crippen LogP contribution is 2.21. The Labute approximate surface area is 183 Å². The molecule has 0 unspecified atom stereocenters. The number of aromatic nitrogens is 4. The Bertz CT molecular complexity index is 929. The molecule has 0 saturated carbocycles. The summed E-state index contributed by atoms with van der Waals surface area (Å²) in [7, 11) is 0. The van der Waals surface area contributed by atoms with E-state index < -0.39 is 0 Å². The van der Waals surface area contributed by atoms with Crippen molar-refractivity contribution < 1.29 is 0 Å². The van der Waals surface area contributed by atoms with Gasteiger partial charge < -0.3 is 0 Å². The Morgan fingerprint density at radius 1 is 0.633 bits per heavy atom. The molecule has 0 saturated heterocycles. The molecular weight excluding hydrogens is 368 g/mol. The van der Waals surface area contributed by atoms with Crippen molar-refractivity contribution in [3.05, 3.63) is 59.9 Å².